The van der Waals surface area contributed by atoms with E-state index in [9.17, 15) is 0 Å². The molecule has 0 N–H and O–H groups in total. The molecule has 0 radical (unpaired) electrons. The molecule has 0 heterocycles. The van der Waals surface area contributed by atoms with Crippen LogP contribution in [0.25, 0.3) is 0 Å². The van der Waals surface area contributed by atoms with Gasteiger partial charge in [-0.2, -0.15) is 0 Å². The number of rotatable bonds is 2. The third-order valence-corrected chi connectivity index (χ3v) is 0.784. The van der Waals surface area contributed by atoms with Gasteiger partial charge in [0.15, 0.2) is 0 Å². The lowest BCUT2D eigenvalue weighted by atomic mass is 10.3. The summed E-state index contributed by atoms with van der Waals surface area (Å²) >= 11 is 0. The molecule has 0 aromatic rings. The van der Waals surface area contributed by atoms with Gasteiger partial charge in [-0.05, 0) is 12.5 Å². The Kier molecular flexibility index (Phi) is 3.01. The Morgan fingerprint density at radius 2 is 2.00 bits per heavy atom. The van der Waals surface area contributed by atoms with E-state index in [-0.39, 0.29) is 0 Å². The summed E-state index contributed by atoms with van der Waals surface area (Å²) in [6, 6.07) is 0. The van der Waals surface area contributed by atoms with Crippen molar-refractivity contribution in [1.82, 2.24) is 4.90 Å². The third-order valence-electron chi connectivity index (χ3n) is 0.784. The van der Waals surface area contributed by atoms with Crippen LogP contribution in [0.4, 0.5) is 0 Å². The molecule has 0 aliphatic heterocycles. The minimum atomic E-state index is 1.19. The molecule has 1 nitrogen and oxygen atoms in total. The third kappa shape index (κ3) is 3.47. The first-order valence-corrected chi connectivity index (χ1v) is 2.64. The van der Waals surface area contributed by atoms with Crippen LogP contribution in [0.3, 0.4) is 0 Å². The summed E-state index contributed by atoms with van der Waals surface area (Å²) in [5.74, 6) is 0. The van der Waals surface area contributed by atoms with E-state index < -0.39 is 0 Å². The van der Waals surface area contributed by atoms with Gasteiger partial charge in [0.25, 0.3) is 0 Å². The highest BCUT2D eigenvalue weighted by atomic mass is 15.0. The van der Waals surface area contributed by atoms with E-state index in [2.05, 4.69) is 6.58 Å². The van der Waals surface area contributed by atoms with Crippen LogP contribution in [0.15, 0.2) is 24.4 Å². The molecule has 0 amide bonds. The minimum absolute atomic E-state index is 1.19. The first-order valence-electron chi connectivity index (χ1n) is 2.64. The fourth-order valence-corrected chi connectivity index (χ4v) is 0.460. The van der Waals surface area contributed by atoms with Crippen LogP contribution in [-0.4, -0.2) is 19.0 Å². The van der Waals surface area contributed by atoms with Crippen molar-refractivity contribution in [1.29, 1.82) is 0 Å². The first-order chi connectivity index (χ1) is 3.66. The van der Waals surface area contributed by atoms with E-state index in [0.717, 1.165) is 0 Å². The maximum absolute atomic E-state index is 3.62. The zero-order chi connectivity index (χ0) is 6.57. The van der Waals surface area contributed by atoms with Gasteiger partial charge in [-0.25, -0.2) is 0 Å². The molecule has 0 aromatic heterocycles. The molecule has 0 saturated carbocycles. The zero-order valence-corrected chi connectivity index (χ0v) is 5.81. The highest BCUT2D eigenvalue weighted by molar-refractivity contribution is 5.11. The summed E-state index contributed by atoms with van der Waals surface area (Å²) in [4.78, 5) is 2.00. The average Bonchev–Trinajstić information content (AvgIpc) is 1.65. The summed E-state index contributed by atoms with van der Waals surface area (Å²) in [7, 11) is 3.99. The molecular weight excluding hydrogens is 98.1 g/mol. The Balaban J connectivity index is 3.74. The Morgan fingerprint density at radius 3 is 2.12 bits per heavy atom. The Labute approximate surface area is 51.3 Å². The molecule has 0 fully saturated rings. The number of hydrogen-bond donors (Lipinski definition) is 0. The van der Waals surface area contributed by atoms with E-state index in [1.165, 1.54) is 5.57 Å². The second-order valence-corrected chi connectivity index (χ2v) is 2.04. The zero-order valence-electron chi connectivity index (χ0n) is 5.81. The van der Waals surface area contributed by atoms with Crippen molar-refractivity contribution in [2.75, 3.05) is 14.1 Å². The molecule has 0 spiro atoms. The lowest BCUT2D eigenvalue weighted by Gasteiger charge is -2.03. The standard InChI is InChI=1S/C7H13N/c1-5-7(2)6-8(3)4/h5-6H,1H2,2-4H3. The predicted octanol–water partition coefficient (Wildman–Crippen LogP) is 1.64. The topological polar surface area (TPSA) is 3.24 Å². The molecule has 8 heavy (non-hydrogen) atoms. The van der Waals surface area contributed by atoms with Crippen LogP contribution in [0.2, 0.25) is 0 Å². The van der Waals surface area contributed by atoms with E-state index in [1.807, 2.05) is 38.2 Å². The van der Waals surface area contributed by atoms with Crippen molar-refractivity contribution in [2.24, 2.45) is 0 Å². The number of nitrogens with zero attached hydrogens (tertiary/aromatic N) is 1. The SMILES string of the molecule is C=CC(C)=CN(C)C. The van der Waals surface area contributed by atoms with Gasteiger partial charge in [-0.15, -0.1) is 0 Å². The lowest BCUT2D eigenvalue weighted by Crippen LogP contribution is -2.00. The summed E-state index contributed by atoms with van der Waals surface area (Å²) in [6.45, 7) is 5.64. The summed E-state index contributed by atoms with van der Waals surface area (Å²) < 4.78 is 0. The van der Waals surface area contributed by atoms with Crippen molar-refractivity contribution in [3.63, 3.8) is 0 Å². The summed E-state index contributed by atoms with van der Waals surface area (Å²) in [5.41, 5.74) is 1.19. The fraction of sp³-hybridized carbons (Fsp3) is 0.429. The van der Waals surface area contributed by atoms with Crippen molar-refractivity contribution >= 4 is 0 Å². The van der Waals surface area contributed by atoms with Gasteiger partial charge in [-0.1, -0.05) is 12.7 Å². The molecule has 0 aromatic carbocycles. The molecule has 0 rings (SSSR count). The monoisotopic (exact) mass is 111 g/mol. The van der Waals surface area contributed by atoms with E-state index in [1.54, 1.807) is 0 Å². The van der Waals surface area contributed by atoms with Crippen LogP contribution in [0, 0.1) is 0 Å². The molecular formula is C7H13N. The molecule has 0 unspecified atom stereocenters. The van der Waals surface area contributed by atoms with Crippen LogP contribution in [0.1, 0.15) is 6.92 Å². The number of hydrogen-bond acceptors (Lipinski definition) is 1. The fourth-order valence-electron chi connectivity index (χ4n) is 0.460. The van der Waals surface area contributed by atoms with Crippen molar-refractivity contribution in [3.05, 3.63) is 24.4 Å². The molecule has 1 heteroatoms. The van der Waals surface area contributed by atoms with E-state index in [4.69, 9.17) is 0 Å². The average molecular weight is 111 g/mol. The van der Waals surface area contributed by atoms with Crippen LogP contribution >= 0.6 is 0 Å². The predicted molar refractivity (Wildman–Crippen MR) is 37.6 cm³/mol. The molecule has 0 atom stereocenters. The van der Waals surface area contributed by atoms with Gasteiger partial charge in [0, 0.05) is 20.3 Å². The molecule has 0 saturated heterocycles. The van der Waals surface area contributed by atoms with Gasteiger partial charge in [0.2, 0.25) is 0 Å². The van der Waals surface area contributed by atoms with Crippen molar-refractivity contribution < 1.29 is 0 Å². The second kappa shape index (κ2) is 3.30. The quantitative estimate of drug-likeness (QED) is 0.490. The van der Waals surface area contributed by atoms with Crippen molar-refractivity contribution in [2.45, 2.75) is 6.92 Å². The Bertz CT molecular complexity index is 101. The summed E-state index contributed by atoms with van der Waals surface area (Å²) in [5, 5.41) is 0. The Hall–Kier alpha value is -0.720. The summed E-state index contributed by atoms with van der Waals surface area (Å²) in [6.07, 6.45) is 3.85. The lowest BCUT2D eigenvalue weighted by molar-refractivity contribution is 0.560. The molecule has 0 aliphatic rings. The number of allylic oxidation sites excluding steroid dienone is 2. The van der Waals surface area contributed by atoms with Gasteiger partial charge in [0.05, 0.1) is 0 Å². The molecule has 46 valence electrons. The largest absolute Gasteiger partial charge is 0.383 e. The van der Waals surface area contributed by atoms with Crippen LogP contribution in [0.5, 0.6) is 0 Å². The van der Waals surface area contributed by atoms with Gasteiger partial charge in [-0.3, -0.25) is 0 Å². The van der Waals surface area contributed by atoms with Gasteiger partial charge in [0.1, 0.15) is 0 Å². The highest BCUT2D eigenvalue weighted by Crippen LogP contribution is 1.92. The van der Waals surface area contributed by atoms with E-state index >= 15 is 0 Å². The second-order valence-electron chi connectivity index (χ2n) is 2.04. The maximum Gasteiger partial charge on any atom is 0.00557 e. The van der Waals surface area contributed by atoms with Gasteiger partial charge >= 0.3 is 0 Å². The van der Waals surface area contributed by atoms with Crippen LogP contribution < -0.4 is 0 Å². The normalized spacial score (nSPS) is 11.1. The van der Waals surface area contributed by atoms with E-state index in [0.29, 0.717) is 0 Å². The van der Waals surface area contributed by atoms with Crippen molar-refractivity contribution in [3.8, 4) is 0 Å². The minimum Gasteiger partial charge on any atom is -0.383 e. The van der Waals surface area contributed by atoms with Gasteiger partial charge < -0.3 is 4.90 Å². The highest BCUT2D eigenvalue weighted by Gasteiger charge is 1.78. The molecule has 0 bridgehead atoms. The first kappa shape index (κ1) is 7.28. The Morgan fingerprint density at radius 1 is 1.50 bits per heavy atom. The van der Waals surface area contributed by atoms with Crippen LogP contribution in [-0.2, 0) is 0 Å². The maximum atomic E-state index is 3.62. The smallest absolute Gasteiger partial charge is 0.00557 e. The molecule has 0 aliphatic carbocycles.